The highest BCUT2D eigenvalue weighted by atomic mass is 79.9. The molecule has 5 nitrogen and oxygen atoms in total. The fourth-order valence-electron chi connectivity index (χ4n) is 1.68. The molecule has 0 aliphatic heterocycles. The summed E-state index contributed by atoms with van der Waals surface area (Å²) < 4.78 is 28.0. The summed E-state index contributed by atoms with van der Waals surface area (Å²) in [6, 6.07) is 4.28. The molecule has 1 amide bonds. The van der Waals surface area contributed by atoms with Gasteiger partial charge in [0.1, 0.15) is 0 Å². The molecule has 0 aromatic heterocycles. The lowest BCUT2D eigenvalue weighted by molar-refractivity contribution is 0.0952. The third-order valence-corrected chi connectivity index (χ3v) is 5.08. The Morgan fingerprint density at radius 3 is 2.67 bits per heavy atom. The molecular formula is C13H17BrClNO4S. The van der Waals surface area contributed by atoms with Crippen molar-refractivity contribution in [1.29, 1.82) is 0 Å². The molecule has 1 N–H and O–H groups in total. The van der Waals surface area contributed by atoms with E-state index in [1.54, 1.807) is 7.11 Å². The van der Waals surface area contributed by atoms with Gasteiger partial charge in [-0.05, 0) is 53.4 Å². The van der Waals surface area contributed by atoms with E-state index < -0.39 is 9.05 Å². The number of nitrogens with one attached hydrogen (secondary N) is 1. The Labute approximate surface area is 137 Å². The zero-order valence-electron chi connectivity index (χ0n) is 11.6. The van der Waals surface area contributed by atoms with Gasteiger partial charge in [0.2, 0.25) is 0 Å². The van der Waals surface area contributed by atoms with E-state index in [-0.39, 0.29) is 16.4 Å². The molecule has 8 heteroatoms. The molecule has 0 saturated heterocycles. The molecule has 0 heterocycles. The molecule has 0 unspecified atom stereocenters. The first kappa shape index (κ1) is 18.4. The molecule has 0 fully saturated rings. The van der Waals surface area contributed by atoms with E-state index in [1.807, 2.05) is 0 Å². The van der Waals surface area contributed by atoms with Gasteiger partial charge in [0, 0.05) is 41.0 Å². The number of carbonyl (C=O) groups is 1. The zero-order valence-corrected chi connectivity index (χ0v) is 14.7. The summed E-state index contributed by atoms with van der Waals surface area (Å²) in [6.07, 6.45) is 2.74. The SMILES string of the molecule is COCCCCCNC(=O)c1ccc(Br)c(S(=O)(=O)Cl)c1. The largest absolute Gasteiger partial charge is 0.385 e. The molecule has 0 saturated carbocycles. The highest BCUT2D eigenvalue weighted by Gasteiger charge is 2.17. The first-order chi connectivity index (χ1) is 9.86. The van der Waals surface area contributed by atoms with Crippen LogP contribution >= 0.6 is 26.6 Å². The Morgan fingerprint density at radius 2 is 2.05 bits per heavy atom. The van der Waals surface area contributed by atoms with Crippen molar-refractivity contribution in [3.05, 3.63) is 28.2 Å². The molecule has 0 aliphatic rings. The van der Waals surface area contributed by atoms with Gasteiger partial charge in [-0.1, -0.05) is 0 Å². The summed E-state index contributed by atoms with van der Waals surface area (Å²) in [7, 11) is 3.07. The van der Waals surface area contributed by atoms with Crippen LogP contribution in [0.4, 0.5) is 0 Å². The number of unbranched alkanes of at least 4 members (excludes halogenated alkanes) is 2. The van der Waals surface area contributed by atoms with Gasteiger partial charge in [-0.2, -0.15) is 0 Å². The summed E-state index contributed by atoms with van der Waals surface area (Å²) in [5, 5.41) is 2.74. The van der Waals surface area contributed by atoms with E-state index in [2.05, 4.69) is 21.2 Å². The van der Waals surface area contributed by atoms with E-state index in [1.165, 1.54) is 18.2 Å². The normalized spacial score (nSPS) is 11.4. The van der Waals surface area contributed by atoms with E-state index in [9.17, 15) is 13.2 Å². The molecule has 1 aromatic rings. The Balaban J connectivity index is 2.59. The Kier molecular flexibility index (Phi) is 7.65. The smallest absolute Gasteiger partial charge is 0.262 e. The topological polar surface area (TPSA) is 72.5 Å². The third-order valence-electron chi connectivity index (χ3n) is 2.77. The standard InChI is InChI=1S/C13H17BrClNO4S/c1-20-8-4-2-3-7-16-13(17)10-5-6-11(14)12(9-10)21(15,18)19/h5-6,9H,2-4,7-8H2,1H3,(H,16,17). The highest BCUT2D eigenvalue weighted by Crippen LogP contribution is 2.26. The fourth-order valence-corrected chi connectivity index (χ4v) is 3.80. The van der Waals surface area contributed by atoms with Crippen molar-refractivity contribution in [1.82, 2.24) is 5.32 Å². The highest BCUT2D eigenvalue weighted by molar-refractivity contribution is 9.10. The zero-order chi connectivity index (χ0) is 15.9. The third kappa shape index (κ3) is 6.34. The first-order valence-electron chi connectivity index (χ1n) is 6.37. The number of hydrogen-bond acceptors (Lipinski definition) is 4. The average Bonchev–Trinajstić information content (AvgIpc) is 2.41. The minimum absolute atomic E-state index is 0.114. The minimum Gasteiger partial charge on any atom is -0.385 e. The van der Waals surface area contributed by atoms with Crippen LogP contribution in [0.15, 0.2) is 27.6 Å². The number of methoxy groups -OCH3 is 1. The van der Waals surface area contributed by atoms with Crippen LogP contribution in [-0.2, 0) is 13.8 Å². The maximum Gasteiger partial charge on any atom is 0.262 e. The number of rotatable bonds is 8. The van der Waals surface area contributed by atoms with Crippen LogP contribution in [-0.4, -0.2) is 34.6 Å². The monoisotopic (exact) mass is 397 g/mol. The molecule has 0 bridgehead atoms. The summed E-state index contributed by atoms with van der Waals surface area (Å²) in [4.78, 5) is 11.8. The van der Waals surface area contributed by atoms with Crippen molar-refractivity contribution in [3.8, 4) is 0 Å². The number of benzene rings is 1. The lowest BCUT2D eigenvalue weighted by Gasteiger charge is -2.07. The van der Waals surface area contributed by atoms with Crippen LogP contribution in [0.1, 0.15) is 29.6 Å². The summed E-state index contributed by atoms with van der Waals surface area (Å²) in [6.45, 7) is 1.24. The van der Waals surface area contributed by atoms with Crippen LogP contribution < -0.4 is 5.32 Å². The number of amides is 1. The summed E-state index contributed by atoms with van der Waals surface area (Å²) in [5.41, 5.74) is 0.259. The van der Waals surface area contributed by atoms with Crippen LogP contribution in [0.25, 0.3) is 0 Å². The van der Waals surface area contributed by atoms with Crippen LogP contribution in [0.2, 0.25) is 0 Å². The van der Waals surface area contributed by atoms with Crippen LogP contribution in [0.5, 0.6) is 0 Å². The molecular weight excluding hydrogens is 382 g/mol. The molecule has 0 radical (unpaired) electrons. The number of halogens is 2. The van der Waals surface area contributed by atoms with Gasteiger partial charge in [-0.15, -0.1) is 0 Å². The molecule has 21 heavy (non-hydrogen) atoms. The summed E-state index contributed by atoms with van der Waals surface area (Å²) in [5.74, 6) is -0.323. The predicted molar refractivity (Wildman–Crippen MR) is 85.2 cm³/mol. The van der Waals surface area contributed by atoms with Crippen molar-refractivity contribution < 1.29 is 17.9 Å². The van der Waals surface area contributed by atoms with Gasteiger partial charge in [0.05, 0.1) is 4.90 Å². The number of ether oxygens (including phenoxy) is 1. The van der Waals surface area contributed by atoms with E-state index in [0.717, 1.165) is 19.3 Å². The minimum atomic E-state index is -3.89. The van der Waals surface area contributed by atoms with Crippen molar-refractivity contribution >= 4 is 41.6 Å². The lowest BCUT2D eigenvalue weighted by atomic mass is 10.2. The fraction of sp³-hybridized carbons (Fsp3) is 0.462. The molecule has 0 atom stereocenters. The van der Waals surface area contributed by atoms with Gasteiger partial charge in [0.25, 0.3) is 15.0 Å². The van der Waals surface area contributed by atoms with Crippen molar-refractivity contribution in [2.24, 2.45) is 0 Å². The van der Waals surface area contributed by atoms with E-state index in [4.69, 9.17) is 15.4 Å². The molecule has 0 spiro atoms. The Bertz CT molecular complexity index is 592. The predicted octanol–water partition coefficient (Wildman–Crippen LogP) is 2.92. The lowest BCUT2D eigenvalue weighted by Crippen LogP contribution is -2.24. The first-order valence-corrected chi connectivity index (χ1v) is 9.48. The van der Waals surface area contributed by atoms with Gasteiger partial charge < -0.3 is 10.1 Å². The molecule has 118 valence electrons. The number of hydrogen-bond donors (Lipinski definition) is 1. The maximum absolute atomic E-state index is 11.9. The van der Waals surface area contributed by atoms with Crippen molar-refractivity contribution in [3.63, 3.8) is 0 Å². The van der Waals surface area contributed by atoms with Gasteiger partial charge >= 0.3 is 0 Å². The second kappa shape index (κ2) is 8.73. The van der Waals surface area contributed by atoms with E-state index in [0.29, 0.717) is 17.6 Å². The Hall–Kier alpha value is -0.630. The summed E-state index contributed by atoms with van der Waals surface area (Å²) >= 11 is 3.10. The average molecular weight is 399 g/mol. The Morgan fingerprint density at radius 1 is 1.33 bits per heavy atom. The van der Waals surface area contributed by atoms with Crippen LogP contribution in [0.3, 0.4) is 0 Å². The van der Waals surface area contributed by atoms with Gasteiger partial charge in [-0.3, -0.25) is 4.79 Å². The number of carbonyl (C=O) groups excluding carboxylic acids is 1. The molecule has 1 rings (SSSR count). The molecule has 0 aliphatic carbocycles. The van der Waals surface area contributed by atoms with Crippen molar-refractivity contribution in [2.75, 3.05) is 20.3 Å². The van der Waals surface area contributed by atoms with Gasteiger partial charge in [-0.25, -0.2) is 8.42 Å². The van der Waals surface area contributed by atoms with Crippen LogP contribution in [0, 0.1) is 0 Å². The van der Waals surface area contributed by atoms with E-state index >= 15 is 0 Å². The second-order valence-corrected chi connectivity index (χ2v) is 7.78. The maximum atomic E-state index is 11.9. The van der Waals surface area contributed by atoms with Crippen molar-refractivity contribution in [2.45, 2.75) is 24.2 Å². The molecule has 1 aromatic carbocycles. The van der Waals surface area contributed by atoms with Gasteiger partial charge in [0.15, 0.2) is 0 Å². The second-order valence-electron chi connectivity index (χ2n) is 4.39. The quantitative estimate of drug-likeness (QED) is 0.540.